The van der Waals surface area contributed by atoms with Gasteiger partial charge in [-0.25, -0.2) is 14.0 Å². The number of fused-ring (bicyclic) bond motifs is 3. The van der Waals surface area contributed by atoms with Crippen molar-refractivity contribution in [3.05, 3.63) is 95.3 Å². The third-order valence-electron chi connectivity index (χ3n) is 6.50. The fourth-order valence-electron chi connectivity index (χ4n) is 4.93. The second kappa shape index (κ2) is 8.11. The van der Waals surface area contributed by atoms with Crippen molar-refractivity contribution >= 4 is 12.1 Å². The van der Waals surface area contributed by atoms with E-state index < -0.39 is 18.1 Å². The summed E-state index contributed by atoms with van der Waals surface area (Å²) in [6, 6.07) is 21.1. The maximum atomic E-state index is 13.3. The average Bonchev–Trinajstić information content (AvgIpc) is 3.39. The number of carboxylic acids is 1. The summed E-state index contributed by atoms with van der Waals surface area (Å²) in [6.45, 7) is 0.357. The third-order valence-corrected chi connectivity index (χ3v) is 6.50. The van der Waals surface area contributed by atoms with Gasteiger partial charge >= 0.3 is 12.1 Å². The lowest BCUT2D eigenvalue weighted by molar-refractivity contribution is -0.141. The van der Waals surface area contributed by atoms with Gasteiger partial charge in [-0.05, 0) is 46.4 Å². The summed E-state index contributed by atoms with van der Waals surface area (Å²) in [6.07, 6.45) is -0.366. The van der Waals surface area contributed by atoms with E-state index in [0.29, 0.717) is 0 Å². The Morgan fingerprint density at radius 1 is 0.938 bits per heavy atom. The Labute approximate surface area is 185 Å². The van der Waals surface area contributed by atoms with Crippen LogP contribution in [0.15, 0.2) is 72.8 Å². The Kier molecular flexibility index (Phi) is 5.13. The van der Waals surface area contributed by atoms with Crippen LogP contribution in [0, 0.1) is 5.82 Å². The molecule has 3 aromatic carbocycles. The Bertz CT molecular complexity index is 1130. The van der Waals surface area contributed by atoms with Crippen molar-refractivity contribution in [2.75, 3.05) is 13.2 Å². The highest BCUT2D eigenvalue weighted by Crippen LogP contribution is 2.44. The van der Waals surface area contributed by atoms with E-state index in [-0.39, 0.29) is 37.2 Å². The molecule has 0 radical (unpaired) electrons. The minimum Gasteiger partial charge on any atom is -0.480 e. The molecule has 1 aliphatic heterocycles. The molecule has 0 bridgehead atoms. The van der Waals surface area contributed by atoms with Gasteiger partial charge in [0.05, 0.1) is 0 Å². The zero-order valence-electron chi connectivity index (χ0n) is 17.3. The van der Waals surface area contributed by atoms with Gasteiger partial charge in [0.25, 0.3) is 0 Å². The molecule has 3 aromatic rings. The number of ether oxygens (including phenoxy) is 1. The van der Waals surface area contributed by atoms with Crippen LogP contribution in [-0.2, 0) is 9.53 Å². The van der Waals surface area contributed by atoms with Crippen LogP contribution in [-0.4, -0.2) is 41.3 Å². The first-order valence-electron chi connectivity index (χ1n) is 10.6. The van der Waals surface area contributed by atoms with Crippen molar-refractivity contribution in [3.8, 4) is 11.1 Å². The maximum absolute atomic E-state index is 13.3. The summed E-state index contributed by atoms with van der Waals surface area (Å²) in [5.41, 5.74) is 5.27. The Morgan fingerprint density at radius 3 is 2.12 bits per heavy atom. The van der Waals surface area contributed by atoms with Gasteiger partial charge < -0.3 is 9.84 Å². The molecule has 0 spiro atoms. The lowest BCUT2D eigenvalue weighted by Crippen LogP contribution is -2.41. The molecule has 0 unspecified atom stereocenters. The lowest BCUT2D eigenvalue weighted by Gasteiger charge is -2.22. The van der Waals surface area contributed by atoms with E-state index in [1.807, 2.05) is 36.4 Å². The largest absolute Gasteiger partial charge is 0.480 e. The molecule has 32 heavy (non-hydrogen) atoms. The van der Waals surface area contributed by atoms with Gasteiger partial charge in [0.15, 0.2) is 0 Å². The van der Waals surface area contributed by atoms with E-state index in [4.69, 9.17) is 4.74 Å². The van der Waals surface area contributed by atoms with Gasteiger partial charge in [-0.1, -0.05) is 60.7 Å². The average molecular weight is 431 g/mol. The first-order chi connectivity index (χ1) is 15.5. The number of aliphatic carboxylic acids is 1. The summed E-state index contributed by atoms with van der Waals surface area (Å²) < 4.78 is 18.9. The number of carbonyl (C=O) groups excluding carboxylic acids is 1. The first-order valence-corrected chi connectivity index (χ1v) is 10.6. The molecule has 2 aliphatic rings. The van der Waals surface area contributed by atoms with Crippen molar-refractivity contribution in [3.63, 3.8) is 0 Å². The molecule has 1 N–H and O–H groups in total. The number of hydrogen-bond donors (Lipinski definition) is 1. The Morgan fingerprint density at radius 2 is 1.53 bits per heavy atom. The Hall–Kier alpha value is -3.67. The molecule has 5 rings (SSSR count). The number of benzene rings is 3. The van der Waals surface area contributed by atoms with Crippen molar-refractivity contribution in [1.29, 1.82) is 0 Å². The van der Waals surface area contributed by atoms with Crippen LogP contribution in [0.25, 0.3) is 11.1 Å². The van der Waals surface area contributed by atoms with Gasteiger partial charge in [-0.15, -0.1) is 0 Å². The molecule has 162 valence electrons. The monoisotopic (exact) mass is 431 g/mol. The van der Waals surface area contributed by atoms with Gasteiger partial charge in [-0.2, -0.15) is 0 Å². The minimum absolute atomic E-state index is 0.0925. The van der Waals surface area contributed by atoms with Crippen molar-refractivity contribution < 1.29 is 23.8 Å². The summed E-state index contributed by atoms with van der Waals surface area (Å²) >= 11 is 0. The fourth-order valence-corrected chi connectivity index (χ4v) is 4.93. The molecule has 1 aliphatic carbocycles. The highest BCUT2D eigenvalue weighted by Gasteiger charge is 2.41. The molecule has 6 heteroatoms. The number of nitrogens with zero attached hydrogens (tertiary/aromatic N) is 1. The molecule has 1 heterocycles. The number of amides is 1. The summed E-state index contributed by atoms with van der Waals surface area (Å²) in [4.78, 5) is 26.1. The highest BCUT2D eigenvalue weighted by molar-refractivity contribution is 5.82. The van der Waals surface area contributed by atoms with Crippen molar-refractivity contribution in [2.45, 2.75) is 24.3 Å². The SMILES string of the molecule is O=C(O)[C@@H]1C[C@H](c2ccc(F)cc2)CN1C(=O)OCC1c2ccccc2-c2ccccc21. The number of carboxylic acid groups (broad SMARTS) is 1. The lowest BCUT2D eigenvalue weighted by atomic mass is 9.96. The number of hydrogen-bond acceptors (Lipinski definition) is 3. The second-order valence-electron chi connectivity index (χ2n) is 8.29. The summed E-state index contributed by atoms with van der Waals surface area (Å²) in [7, 11) is 0. The van der Waals surface area contributed by atoms with Crippen LogP contribution >= 0.6 is 0 Å². The topological polar surface area (TPSA) is 66.8 Å². The highest BCUT2D eigenvalue weighted by atomic mass is 19.1. The van der Waals surface area contributed by atoms with E-state index in [1.165, 1.54) is 17.0 Å². The van der Waals surface area contributed by atoms with E-state index in [2.05, 4.69) is 12.1 Å². The molecular weight excluding hydrogens is 409 g/mol. The van der Waals surface area contributed by atoms with Crippen LogP contribution in [0.4, 0.5) is 9.18 Å². The molecule has 1 saturated heterocycles. The van der Waals surface area contributed by atoms with Crippen LogP contribution in [0.3, 0.4) is 0 Å². The van der Waals surface area contributed by atoms with Crippen molar-refractivity contribution in [2.24, 2.45) is 0 Å². The minimum atomic E-state index is -1.07. The molecule has 1 fully saturated rings. The predicted octanol–water partition coefficient (Wildman–Crippen LogP) is 5.02. The second-order valence-corrected chi connectivity index (χ2v) is 8.29. The maximum Gasteiger partial charge on any atom is 0.410 e. The number of likely N-dealkylation sites (tertiary alicyclic amines) is 1. The molecule has 1 amide bonds. The van der Waals surface area contributed by atoms with E-state index in [0.717, 1.165) is 27.8 Å². The Balaban J connectivity index is 1.33. The number of rotatable bonds is 4. The van der Waals surface area contributed by atoms with E-state index in [1.54, 1.807) is 12.1 Å². The smallest absolute Gasteiger partial charge is 0.410 e. The molecule has 5 nitrogen and oxygen atoms in total. The molecule has 2 atom stereocenters. The van der Waals surface area contributed by atoms with Gasteiger partial charge in [0.1, 0.15) is 18.5 Å². The standard InChI is InChI=1S/C26H22FNO4/c27-18-11-9-16(10-12-18)17-13-24(25(29)30)28(14-17)26(31)32-15-23-21-7-3-1-5-19(21)20-6-2-4-8-22(20)23/h1-12,17,23-24H,13-15H2,(H,29,30)/t17-,24-/m0/s1. The van der Waals surface area contributed by atoms with E-state index in [9.17, 15) is 19.1 Å². The predicted molar refractivity (Wildman–Crippen MR) is 117 cm³/mol. The van der Waals surface area contributed by atoms with Gasteiger partial charge in [-0.3, -0.25) is 4.90 Å². The molecular formula is C26H22FNO4. The number of carbonyl (C=O) groups is 2. The molecule has 0 aromatic heterocycles. The first kappa shape index (κ1) is 20.2. The fraction of sp³-hybridized carbons (Fsp3) is 0.231. The van der Waals surface area contributed by atoms with E-state index >= 15 is 0 Å². The zero-order valence-corrected chi connectivity index (χ0v) is 17.3. The van der Waals surface area contributed by atoms with Crippen LogP contribution < -0.4 is 0 Å². The van der Waals surface area contributed by atoms with Crippen LogP contribution in [0.2, 0.25) is 0 Å². The number of halogens is 1. The zero-order chi connectivity index (χ0) is 22.2. The van der Waals surface area contributed by atoms with Gasteiger partial charge in [0.2, 0.25) is 0 Å². The van der Waals surface area contributed by atoms with Crippen molar-refractivity contribution in [1.82, 2.24) is 4.90 Å². The normalized spacial score (nSPS) is 19.5. The van der Waals surface area contributed by atoms with Crippen LogP contribution in [0.5, 0.6) is 0 Å². The third kappa shape index (κ3) is 3.51. The molecule has 0 saturated carbocycles. The van der Waals surface area contributed by atoms with Crippen LogP contribution in [0.1, 0.15) is 34.9 Å². The van der Waals surface area contributed by atoms with Gasteiger partial charge in [0, 0.05) is 18.4 Å². The quantitative estimate of drug-likeness (QED) is 0.630. The summed E-state index contributed by atoms with van der Waals surface area (Å²) in [5.74, 6) is -1.69. The summed E-state index contributed by atoms with van der Waals surface area (Å²) in [5, 5.41) is 9.67.